The predicted octanol–water partition coefficient (Wildman–Crippen LogP) is 6.18. The van der Waals surface area contributed by atoms with E-state index in [1.807, 2.05) is 13.8 Å². The van der Waals surface area contributed by atoms with Crippen molar-refractivity contribution in [1.82, 2.24) is 0 Å². The molecule has 0 radical (unpaired) electrons. The first-order chi connectivity index (χ1) is 11.1. The second kappa shape index (κ2) is 4.59. The fourth-order valence-electron chi connectivity index (χ4n) is 5.18. The average molecular weight is 326 g/mol. The molecule has 0 saturated heterocycles. The van der Waals surface area contributed by atoms with Crippen molar-refractivity contribution in [3.8, 4) is 11.5 Å². The minimum absolute atomic E-state index is 0.0838. The zero-order valence-electron chi connectivity index (χ0n) is 16.2. The molecule has 0 N–H and O–H groups in total. The maximum atomic E-state index is 6.35. The molecule has 0 aromatic heterocycles. The highest BCUT2D eigenvalue weighted by molar-refractivity contribution is 5.78. The molecule has 1 aromatic carbocycles. The second-order valence-corrected chi connectivity index (χ2v) is 9.47. The molecule has 24 heavy (non-hydrogen) atoms. The van der Waals surface area contributed by atoms with Gasteiger partial charge in [-0.25, -0.2) is 0 Å². The smallest absolute Gasteiger partial charge is 0.246 e. The Labute approximate surface area is 146 Å². The maximum Gasteiger partial charge on any atom is 0.246 e. The molecule has 3 aliphatic rings. The molecule has 1 saturated carbocycles. The van der Waals surface area contributed by atoms with Crippen molar-refractivity contribution in [3.05, 3.63) is 28.3 Å². The van der Waals surface area contributed by atoms with Crippen molar-refractivity contribution in [2.45, 2.75) is 84.8 Å². The van der Waals surface area contributed by atoms with Crippen LogP contribution < -0.4 is 9.47 Å². The van der Waals surface area contributed by atoms with Crippen molar-refractivity contribution in [2.24, 2.45) is 5.41 Å². The van der Waals surface area contributed by atoms with Crippen LogP contribution in [0.4, 0.5) is 0 Å². The Morgan fingerprint density at radius 1 is 0.958 bits per heavy atom. The van der Waals surface area contributed by atoms with E-state index in [2.05, 4.69) is 46.8 Å². The van der Waals surface area contributed by atoms with Gasteiger partial charge in [-0.05, 0) is 35.8 Å². The summed E-state index contributed by atoms with van der Waals surface area (Å²) in [4.78, 5) is 0. The lowest BCUT2D eigenvalue weighted by Crippen LogP contribution is -2.36. The molecule has 0 amide bonds. The number of rotatable bonds is 1. The van der Waals surface area contributed by atoms with Gasteiger partial charge < -0.3 is 9.47 Å². The average Bonchev–Trinajstić information content (AvgIpc) is 2.91. The SMILES string of the molecule is CC(C)c1cc2c(c3c1OC(C)(C)O3)[C@@]1(C)CCCC(C)(C)C1=C2. The Morgan fingerprint density at radius 2 is 1.62 bits per heavy atom. The molecule has 0 spiro atoms. The van der Waals surface area contributed by atoms with Gasteiger partial charge in [0, 0.05) is 30.4 Å². The van der Waals surface area contributed by atoms with Crippen molar-refractivity contribution in [3.63, 3.8) is 0 Å². The summed E-state index contributed by atoms with van der Waals surface area (Å²) in [5, 5.41) is 0. The fourth-order valence-corrected chi connectivity index (χ4v) is 5.18. The number of hydrogen-bond acceptors (Lipinski definition) is 2. The molecular weight excluding hydrogens is 296 g/mol. The van der Waals surface area contributed by atoms with E-state index in [-0.39, 0.29) is 10.8 Å². The van der Waals surface area contributed by atoms with Gasteiger partial charge in [0.2, 0.25) is 5.79 Å². The van der Waals surface area contributed by atoms with E-state index in [9.17, 15) is 0 Å². The van der Waals surface area contributed by atoms with E-state index in [4.69, 9.17) is 9.47 Å². The van der Waals surface area contributed by atoms with Gasteiger partial charge in [-0.3, -0.25) is 0 Å². The molecule has 4 rings (SSSR count). The Kier molecular flexibility index (Phi) is 3.07. The van der Waals surface area contributed by atoms with Gasteiger partial charge in [-0.15, -0.1) is 0 Å². The molecule has 1 aromatic rings. The van der Waals surface area contributed by atoms with Crippen LogP contribution >= 0.6 is 0 Å². The fraction of sp³-hybridized carbons (Fsp3) is 0.636. The maximum absolute atomic E-state index is 6.35. The lowest BCUT2D eigenvalue weighted by molar-refractivity contribution is -0.0442. The molecule has 130 valence electrons. The second-order valence-electron chi connectivity index (χ2n) is 9.47. The van der Waals surface area contributed by atoms with Gasteiger partial charge in [-0.1, -0.05) is 52.7 Å². The first-order valence-corrected chi connectivity index (χ1v) is 9.37. The summed E-state index contributed by atoms with van der Waals surface area (Å²) in [5.41, 5.74) is 5.91. The van der Waals surface area contributed by atoms with Crippen LogP contribution in [-0.4, -0.2) is 5.79 Å². The van der Waals surface area contributed by atoms with Gasteiger partial charge in [0.15, 0.2) is 11.5 Å². The van der Waals surface area contributed by atoms with Crippen LogP contribution in [0.3, 0.4) is 0 Å². The highest BCUT2D eigenvalue weighted by Crippen LogP contribution is 2.62. The number of hydrogen-bond donors (Lipinski definition) is 0. The largest absolute Gasteiger partial charge is 0.449 e. The summed E-state index contributed by atoms with van der Waals surface area (Å²) in [6, 6.07) is 2.36. The van der Waals surface area contributed by atoms with Crippen LogP contribution in [0.25, 0.3) is 6.08 Å². The summed E-state index contributed by atoms with van der Waals surface area (Å²) in [6.07, 6.45) is 6.19. The van der Waals surface area contributed by atoms with Gasteiger partial charge in [0.25, 0.3) is 0 Å². The van der Waals surface area contributed by atoms with Gasteiger partial charge in [0.05, 0.1) is 0 Å². The van der Waals surface area contributed by atoms with Crippen LogP contribution in [0.1, 0.15) is 90.3 Å². The Hall–Kier alpha value is -1.44. The van der Waals surface area contributed by atoms with Crippen molar-refractivity contribution < 1.29 is 9.47 Å². The molecule has 1 heterocycles. The van der Waals surface area contributed by atoms with Crippen molar-refractivity contribution >= 4 is 6.08 Å². The number of allylic oxidation sites excluding steroid dienone is 1. The third-order valence-corrected chi connectivity index (χ3v) is 6.27. The molecule has 1 atom stereocenters. The number of ether oxygens (including phenoxy) is 2. The van der Waals surface area contributed by atoms with E-state index in [0.29, 0.717) is 5.92 Å². The van der Waals surface area contributed by atoms with Crippen LogP contribution in [0.5, 0.6) is 11.5 Å². The van der Waals surface area contributed by atoms with Crippen LogP contribution in [0.15, 0.2) is 11.6 Å². The predicted molar refractivity (Wildman–Crippen MR) is 98.8 cm³/mol. The molecule has 2 heteroatoms. The molecule has 1 fully saturated rings. The van der Waals surface area contributed by atoms with E-state index in [1.54, 1.807) is 5.57 Å². The highest BCUT2D eigenvalue weighted by Gasteiger charge is 2.51. The third-order valence-electron chi connectivity index (χ3n) is 6.27. The normalized spacial score (nSPS) is 28.6. The lowest BCUT2D eigenvalue weighted by atomic mass is 9.60. The zero-order valence-corrected chi connectivity index (χ0v) is 16.2. The monoisotopic (exact) mass is 326 g/mol. The topological polar surface area (TPSA) is 18.5 Å². The Bertz CT molecular complexity index is 752. The van der Waals surface area contributed by atoms with Crippen molar-refractivity contribution in [2.75, 3.05) is 0 Å². The van der Waals surface area contributed by atoms with Crippen LogP contribution in [0, 0.1) is 5.41 Å². The highest BCUT2D eigenvalue weighted by atomic mass is 16.7. The molecular formula is C22H30O2. The van der Waals surface area contributed by atoms with E-state index >= 15 is 0 Å². The van der Waals surface area contributed by atoms with Gasteiger partial charge in [0.1, 0.15) is 0 Å². The van der Waals surface area contributed by atoms with E-state index < -0.39 is 5.79 Å². The standard InChI is InChI=1S/C22H30O2/c1-13(2)15-11-14-12-16-20(3,4)9-8-10-22(16,7)17(14)19-18(15)23-21(5,6)24-19/h11-13H,8-10H2,1-7H3/t22-/m0/s1. The molecule has 0 unspecified atom stereocenters. The molecule has 2 nitrogen and oxygen atoms in total. The summed E-state index contributed by atoms with van der Waals surface area (Å²) in [5.74, 6) is 1.83. The summed E-state index contributed by atoms with van der Waals surface area (Å²) >= 11 is 0. The molecule has 1 aliphatic heterocycles. The van der Waals surface area contributed by atoms with Crippen molar-refractivity contribution in [1.29, 1.82) is 0 Å². The first-order valence-electron chi connectivity index (χ1n) is 9.37. The van der Waals surface area contributed by atoms with E-state index in [0.717, 1.165) is 11.5 Å². The van der Waals surface area contributed by atoms with Gasteiger partial charge in [-0.2, -0.15) is 0 Å². The van der Waals surface area contributed by atoms with Crippen LogP contribution in [-0.2, 0) is 5.41 Å². The van der Waals surface area contributed by atoms with Crippen LogP contribution in [0.2, 0.25) is 0 Å². The molecule has 0 bridgehead atoms. The minimum Gasteiger partial charge on any atom is -0.449 e. The van der Waals surface area contributed by atoms with Gasteiger partial charge >= 0.3 is 0 Å². The summed E-state index contributed by atoms with van der Waals surface area (Å²) < 4.78 is 12.6. The zero-order chi connectivity index (χ0) is 17.5. The first kappa shape index (κ1) is 16.1. The Balaban J connectivity index is 1.98. The summed E-state index contributed by atoms with van der Waals surface area (Å²) in [6.45, 7) is 15.7. The Morgan fingerprint density at radius 3 is 2.29 bits per heavy atom. The third kappa shape index (κ3) is 2.01. The number of fused-ring (bicyclic) bond motifs is 5. The lowest BCUT2D eigenvalue weighted by Gasteiger charge is -2.44. The summed E-state index contributed by atoms with van der Waals surface area (Å²) in [7, 11) is 0. The van der Waals surface area contributed by atoms with E-state index in [1.165, 1.54) is 36.0 Å². The number of benzene rings is 1. The molecule has 2 aliphatic carbocycles. The quantitative estimate of drug-likeness (QED) is 0.613. The minimum atomic E-state index is -0.579.